The number of carbonyl (C=O) groups is 2. The number of aromatic nitrogens is 2. The summed E-state index contributed by atoms with van der Waals surface area (Å²) in [6, 6.07) is 10.1. The van der Waals surface area contributed by atoms with Gasteiger partial charge in [0.2, 0.25) is 5.91 Å². The highest BCUT2D eigenvalue weighted by Gasteiger charge is 2.16. The maximum Gasteiger partial charge on any atom is 0.274 e. The number of halogens is 1. The van der Waals surface area contributed by atoms with Gasteiger partial charge in [-0.25, -0.2) is 14.4 Å². The van der Waals surface area contributed by atoms with Gasteiger partial charge in [-0.15, -0.1) is 0 Å². The Morgan fingerprint density at radius 3 is 2.72 bits per heavy atom. The lowest BCUT2D eigenvalue weighted by Gasteiger charge is -2.10. The molecule has 0 aliphatic rings. The molecule has 0 radical (unpaired) electrons. The Labute approximate surface area is 169 Å². The van der Waals surface area contributed by atoms with Gasteiger partial charge in [0, 0.05) is 17.0 Å². The first-order valence-electron chi connectivity index (χ1n) is 8.30. The van der Waals surface area contributed by atoms with Gasteiger partial charge >= 0.3 is 0 Å². The number of benzene rings is 2. The number of amides is 2. The highest BCUT2D eigenvalue weighted by atomic mass is 32.2. The lowest BCUT2D eigenvalue weighted by Crippen LogP contribution is -2.25. The highest BCUT2D eigenvalue weighted by Crippen LogP contribution is 2.29. The Bertz CT molecular complexity index is 1090. The number of aromatic hydroxyl groups is 1. The zero-order valence-electron chi connectivity index (χ0n) is 14.9. The van der Waals surface area contributed by atoms with Crippen molar-refractivity contribution in [2.45, 2.75) is 16.5 Å². The van der Waals surface area contributed by atoms with E-state index in [1.54, 1.807) is 24.3 Å². The van der Waals surface area contributed by atoms with Crippen LogP contribution in [0.25, 0.3) is 0 Å². The van der Waals surface area contributed by atoms with E-state index in [9.17, 15) is 19.1 Å². The van der Waals surface area contributed by atoms with Crippen LogP contribution >= 0.6 is 11.8 Å². The van der Waals surface area contributed by atoms with Gasteiger partial charge in [0.1, 0.15) is 16.6 Å². The number of rotatable bonds is 6. The summed E-state index contributed by atoms with van der Waals surface area (Å²) in [5.74, 6) is -2.04. The number of carbonyl (C=O) groups excluding carboxylic acids is 2. The number of phenols is 1. The monoisotopic (exact) mass is 413 g/mol. The lowest BCUT2D eigenvalue weighted by molar-refractivity contribution is 0.0944. The first kappa shape index (κ1) is 20.1. The van der Waals surface area contributed by atoms with Gasteiger partial charge in [0.25, 0.3) is 5.91 Å². The third-order valence-electron chi connectivity index (χ3n) is 3.84. The van der Waals surface area contributed by atoms with Crippen molar-refractivity contribution < 1.29 is 19.1 Å². The molecular weight excluding hydrogens is 397 g/mol. The molecule has 1 heterocycles. The van der Waals surface area contributed by atoms with Gasteiger partial charge in [-0.05, 0) is 30.3 Å². The van der Waals surface area contributed by atoms with Crippen molar-refractivity contribution in [1.29, 1.82) is 0 Å². The number of anilines is 1. The van der Waals surface area contributed by atoms with Crippen molar-refractivity contribution in [3.63, 3.8) is 0 Å². The molecule has 0 atom stereocenters. The van der Waals surface area contributed by atoms with Crippen LogP contribution in [-0.2, 0) is 6.54 Å². The predicted molar refractivity (Wildman–Crippen MR) is 105 cm³/mol. The number of primary amides is 1. The zero-order chi connectivity index (χ0) is 21.0. The summed E-state index contributed by atoms with van der Waals surface area (Å²) in [5.41, 5.74) is 11.5. The average Bonchev–Trinajstić information content (AvgIpc) is 2.70. The maximum atomic E-state index is 13.3. The second kappa shape index (κ2) is 8.57. The largest absolute Gasteiger partial charge is 0.508 e. The van der Waals surface area contributed by atoms with Crippen LogP contribution in [0.2, 0.25) is 0 Å². The predicted octanol–water partition coefficient (Wildman–Crippen LogP) is 2.08. The first-order valence-corrected chi connectivity index (χ1v) is 9.11. The highest BCUT2D eigenvalue weighted by molar-refractivity contribution is 7.99. The molecule has 8 nitrogen and oxygen atoms in total. The molecule has 0 aliphatic heterocycles. The number of nitrogen functional groups attached to an aromatic ring is 1. The molecule has 2 aromatic carbocycles. The van der Waals surface area contributed by atoms with Gasteiger partial charge in [-0.2, -0.15) is 0 Å². The molecule has 0 spiro atoms. The minimum absolute atomic E-state index is 0.0986. The Morgan fingerprint density at radius 1 is 1.21 bits per heavy atom. The van der Waals surface area contributed by atoms with Crippen molar-refractivity contribution in [2.75, 3.05) is 5.73 Å². The standard InChI is InChI=1S/C19H16FN5O3S/c20-11-5-6-13(26)10(7-11)8-24-19(28)16-17(21)23-9-15(25-16)29-14-4-2-1-3-12(14)18(22)27/h1-7,9,26H,8H2,(H2,21,23)(H2,22,27)(H,24,28). The Morgan fingerprint density at radius 2 is 1.97 bits per heavy atom. The van der Waals surface area contributed by atoms with E-state index in [0.717, 1.165) is 23.9 Å². The van der Waals surface area contributed by atoms with E-state index in [0.29, 0.717) is 15.5 Å². The smallest absolute Gasteiger partial charge is 0.274 e. The number of nitrogens with zero attached hydrogens (tertiary/aromatic N) is 2. The Balaban J connectivity index is 1.79. The van der Waals surface area contributed by atoms with Crippen molar-refractivity contribution in [3.8, 4) is 5.75 Å². The number of phenolic OH excluding ortho intramolecular Hbond substituents is 1. The second-order valence-corrected chi connectivity index (χ2v) is 6.92. The fourth-order valence-electron chi connectivity index (χ4n) is 2.43. The van der Waals surface area contributed by atoms with E-state index < -0.39 is 17.6 Å². The van der Waals surface area contributed by atoms with Gasteiger partial charge in [0.15, 0.2) is 11.5 Å². The number of hydrogen-bond donors (Lipinski definition) is 4. The Kier molecular flexibility index (Phi) is 5.93. The quantitative estimate of drug-likeness (QED) is 0.484. The number of hydrogen-bond acceptors (Lipinski definition) is 7. The SMILES string of the molecule is NC(=O)c1ccccc1Sc1cnc(N)c(C(=O)NCc2cc(F)ccc2O)n1. The summed E-state index contributed by atoms with van der Waals surface area (Å²) in [5, 5.41) is 12.6. The van der Waals surface area contributed by atoms with Gasteiger partial charge < -0.3 is 21.9 Å². The average molecular weight is 413 g/mol. The van der Waals surface area contributed by atoms with E-state index in [1.165, 1.54) is 12.3 Å². The van der Waals surface area contributed by atoms with Gasteiger partial charge in [0.05, 0.1) is 11.8 Å². The first-order chi connectivity index (χ1) is 13.8. The Hall–Kier alpha value is -3.66. The number of nitrogens with two attached hydrogens (primary N) is 2. The van der Waals surface area contributed by atoms with Crippen LogP contribution in [0.4, 0.5) is 10.2 Å². The third-order valence-corrected chi connectivity index (χ3v) is 4.82. The third kappa shape index (κ3) is 4.79. The summed E-state index contributed by atoms with van der Waals surface area (Å²) in [6.45, 7) is -0.134. The molecule has 3 aromatic rings. The van der Waals surface area contributed by atoms with Crippen LogP contribution in [0, 0.1) is 5.82 Å². The summed E-state index contributed by atoms with van der Waals surface area (Å²) < 4.78 is 13.3. The summed E-state index contributed by atoms with van der Waals surface area (Å²) in [6.07, 6.45) is 1.37. The molecule has 2 amide bonds. The van der Waals surface area contributed by atoms with Crippen LogP contribution in [0.5, 0.6) is 5.75 Å². The molecule has 6 N–H and O–H groups in total. The molecule has 1 aromatic heterocycles. The molecule has 0 aliphatic carbocycles. The van der Waals surface area contributed by atoms with E-state index in [-0.39, 0.29) is 29.4 Å². The van der Waals surface area contributed by atoms with E-state index in [2.05, 4.69) is 15.3 Å². The zero-order valence-corrected chi connectivity index (χ0v) is 15.7. The van der Waals surface area contributed by atoms with Crippen molar-refractivity contribution in [2.24, 2.45) is 5.73 Å². The molecule has 0 fully saturated rings. The maximum absolute atomic E-state index is 13.3. The van der Waals surface area contributed by atoms with Crippen LogP contribution < -0.4 is 16.8 Å². The fourth-order valence-corrected chi connectivity index (χ4v) is 3.32. The number of nitrogens with one attached hydrogen (secondary N) is 1. The van der Waals surface area contributed by atoms with Gasteiger partial charge in [-0.3, -0.25) is 9.59 Å². The van der Waals surface area contributed by atoms with Crippen LogP contribution in [0.15, 0.2) is 58.6 Å². The molecule has 0 bridgehead atoms. The van der Waals surface area contributed by atoms with Crippen LogP contribution in [0.3, 0.4) is 0 Å². The topological polar surface area (TPSA) is 144 Å². The summed E-state index contributed by atoms with van der Waals surface area (Å²) in [4.78, 5) is 32.7. The molecular formula is C19H16FN5O3S. The molecule has 148 valence electrons. The van der Waals surface area contributed by atoms with Crippen molar-refractivity contribution >= 4 is 29.4 Å². The fraction of sp³-hybridized carbons (Fsp3) is 0.0526. The molecule has 29 heavy (non-hydrogen) atoms. The van der Waals surface area contributed by atoms with E-state index in [4.69, 9.17) is 11.5 Å². The molecule has 0 unspecified atom stereocenters. The second-order valence-electron chi connectivity index (χ2n) is 5.86. The van der Waals surface area contributed by atoms with E-state index >= 15 is 0 Å². The van der Waals surface area contributed by atoms with Crippen molar-refractivity contribution in [1.82, 2.24) is 15.3 Å². The summed E-state index contributed by atoms with van der Waals surface area (Å²) >= 11 is 1.10. The van der Waals surface area contributed by atoms with Crippen LogP contribution in [-0.4, -0.2) is 26.9 Å². The molecule has 3 rings (SSSR count). The molecule has 0 saturated carbocycles. The van der Waals surface area contributed by atoms with Gasteiger partial charge in [-0.1, -0.05) is 23.9 Å². The van der Waals surface area contributed by atoms with E-state index in [1.807, 2.05) is 0 Å². The lowest BCUT2D eigenvalue weighted by atomic mass is 10.2. The normalized spacial score (nSPS) is 10.5. The minimum Gasteiger partial charge on any atom is -0.508 e. The minimum atomic E-state index is -0.649. The molecule has 0 saturated heterocycles. The van der Waals surface area contributed by atoms with Crippen LogP contribution in [0.1, 0.15) is 26.4 Å². The van der Waals surface area contributed by atoms with Crippen molar-refractivity contribution in [3.05, 3.63) is 71.3 Å². The summed E-state index contributed by atoms with van der Waals surface area (Å²) in [7, 11) is 0. The molecule has 10 heteroatoms.